The van der Waals surface area contributed by atoms with Crippen LogP contribution in [0.3, 0.4) is 0 Å². The molecule has 3 heteroatoms. The first-order valence-corrected chi connectivity index (χ1v) is 5.24. The summed E-state index contributed by atoms with van der Waals surface area (Å²) >= 11 is 0. The largest absolute Gasteiger partial charge is 0.377 e. The van der Waals surface area contributed by atoms with Crippen molar-refractivity contribution in [3.8, 4) is 0 Å². The average Bonchev–Trinajstić information content (AvgIpc) is 2.11. The number of rotatable bonds is 5. The molecule has 0 rings (SSSR count). The number of carbonyl (C=O) groups is 1. The predicted octanol–water partition coefficient (Wildman–Crippen LogP) is 1.91. The zero-order valence-electron chi connectivity index (χ0n) is 10.2. The molecule has 0 N–H and O–H groups in total. The van der Waals surface area contributed by atoms with Crippen LogP contribution in [0.25, 0.3) is 0 Å². The van der Waals surface area contributed by atoms with Crippen LogP contribution in [0.4, 0.5) is 0 Å². The lowest BCUT2D eigenvalue weighted by molar-refractivity contribution is -0.136. The van der Waals surface area contributed by atoms with Crippen molar-refractivity contribution in [1.82, 2.24) is 4.90 Å². The Morgan fingerprint density at radius 3 is 2.07 bits per heavy atom. The number of ether oxygens (including phenoxy) is 1. The van der Waals surface area contributed by atoms with Crippen LogP contribution in [0.5, 0.6) is 0 Å². The van der Waals surface area contributed by atoms with E-state index in [1.165, 1.54) is 0 Å². The van der Waals surface area contributed by atoms with Crippen molar-refractivity contribution in [3.63, 3.8) is 0 Å². The van der Waals surface area contributed by atoms with Gasteiger partial charge >= 0.3 is 0 Å². The van der Waals surface area contributed by atoms with Gasteiger partial charge in [0, 0.05) is 13.0 Å². The molecule has 0 aliphatic carbocycles. The highest BCUT2D eigenvalue weighted by Gasteiger charge is 2.18. The van der Waals surface area contributed by atoms with Crippen molar-refractivity contribution in [2.75, 3.05) is 13.7 Å². The molecule has 0 aromatic rings. The zero-order valence-corrected chi connectivity index (χ0v) is 10.2. The molecule has 0 fully saturated rings. The first-order valence-electron chi connectivity index (χ1n) is 5.24. The van der Waals surface area contributed by atoms with Crippen molar-refractivity contribution < 1.29 is 9.53 Å². The normalized spacial score (nSPS) is 13.4. The van der Waals surface area contributed by atoms with Gasteiger partial charge in [-0.05, 0) is 20.8 Å². The summed E-state index contributed by atoms with van der Waals surface area (Å²) in [6.07, 6.45) is 0.222. The van der Waals surface area contributed by atoms with Crippen LogP contribution < -0.4 is 0 Å². The van der Waals surface area contributed by atoms with Crippen LogP contribution >= 0.6 is 0 Å². The predicted molar refractivity (Wildman–Crippen MR) is 58.2 cm³/mol. The zero-order chi connectivity index (χ0) is 11.3. The minimum Gasteiger partial charge on any atom is -0.377 e. The number of carbonyl (C=O) groups excluding carboxylic acids is 1. The Morgan fingerprint density at radius 1 is 1.21 bits per heavy atom. The SMILES string of the molecule is CC(C)OCC(C)N(C)C(=O)C(C)C. The molecule has 0 aliphatic heterocycles. The number of hydrogen-bond acceptors (Lipinski definition) is 2. The smallest absolute Gasteiger partial charge is 0.225 e. The van der Waals surface area contributed by atoms with Gasteiger partial charge in [-0.25, -0.2) is 0 Å². The minimum absolute atomic E-state index is 0.0569. The summed E-state index contributed by atoms with van der Waals surface area (Å²) in [4.78, 5) is 13.4. The minimum atomic E-state index is 0.0569. The third kappa shape index (κ3) is 4.61. The van der Waals surface area contributed by atoms with Gasteiger partial charge in [0.25, 0.3) is 0 Å². The van der Waals surface area contributed by atoms with Gasteiger partial charge in [0.05, 0.1) is 18.8 Å². The molecule has 0 bridgehead atoms. The number of amides is 1. The van der Waals surface area contributed by atoms with Gasteiger partial charge in [0.2, 0.25) is 5.91 Å². The van der Waals surface area contributed by atoms with Gasteiger partial charge in [-0.1, -0.05) is 13.8 Å². The molecular formula is C11H23NO2. The monoisotopic (exact) mass is 201 g/mol. The standard InChI is InChI=1S/C11H23NO2/c1-8(2)11(13)12(6)10(5)7-14-9(3)4/h8-10H,7H2,1-6H3. The van der Waals surface area contributed by atoms with Crippen LogP contribution in [0.1, 0.15) is 34.6 Å². The molecule has 0 aliphatic rings. The van der Waals surface area contributed by atoms with Crippen molar-refractivity contribution >= 4 is 5.91 Å². The molecule has 0 saturated heterocycles. The van der Waals surface area contributed by atoms with Gasteiger partial charge in [0.15, 0.2) is 0 Å². The second-order valence-corrected chi connectivity index (χ2v) is 4.33. The summed E-state index contributed by atoms with van der Waals surface area (Å²) in [5, 5.41) is 0. The molecule has 0 spiro atoms. The molecular weight excluding hydrogens is 178 g/mol. The Hall–Kier alpha value is -0.570. The number of nitrogens with zero attached hydrogens (tertiary/aromatic N) is 1. The maximum Gasteiger partial charge on any atom is 0.225 e. The van der Waals surface area contributed by atoms with E-state index in [0.717, 1.165) is 0 Å². The Kier molecular flexibility index (Phi) is 5.77. The summed E-state index contributed by atoms with van der Waals surface area (Å²) in [5.41, 5.74) is 0. The van der Waals surface area contributed by atoms with Crippen LogP contribution in [0.2, 0.25) is 0 Å². The van der Waals surface area contributed by atoms with E-state index in [2.05, 4.69) is 0 Å². The van der Waals surface area contributed by atoms with Gasteiger partial charge in [-0.15, -0.1) is 0 Å². The maximum atomic E-state index is 11.6. The van der Waals surface area contributed by atoms with Gasteiger partial charge in [0.1, 0.15) is 0 Å². The highest BCUT2D eigenvalue weighted by molar-refractivity contribution is 5.78. The molecule has 0 saturated carbocycles. The lowest BCUT2D eigenvalue weighted by Gasteiger charge is -2.27. The number of hydrogen-bond donors (Lipinski definition) is 0. The van der Waals surface area contributed by atoms with Crippen LogP contribution in [0, 0.1) is 5.92 Å². The van der Waals surface area contributed by atoms with E-state index >= 15 is 0 Å². The molecule has 84 valence electrons. The molecule has 14 heavy (non-hydrogen) atoms. The topological polar surface area (TPSA) is 29.5 Å². The summed E-state index contributed by atoms with van der Waals surface area (Å²) in [6, 6.07) is 0.146. The van der Waals surface area contributed by atoms with Crippen LogP contribution in [0.15, 0.2) is 0 Å². The first-order chi connectivity index (χ1) is 6.36. The Morgan fingerprint density at radius 2 is 1.71 bits per heavy atom. The van der Waals surface area contributed by atoms with Crippen LogP contribution in [-0.4, -0.2) is 36.6 Å². The molecule has 3 nitrogen and oxygen atoms in total. The summed E-state index contributed by atoms with van der Waals surface area (Å²) in [5.74, 6) is 0.228. The molecule has 1 amide bonds. The van der Waals surface area contributed by atoms with E-state index < -0.39 is 0 Å². The molecule has 1 atom stereocenters. The molecule has 0 aromatic heterocycles. The molecule has 0 radical (unpaired) electrons. The molecule has 0 heterocycles. The lowest BCUT2D eigenvalue weighted by atomic mass is 10.1. The first kappa shape index (κ1) is 13.4. The van der Waals surface area contributed by atoms with E-state index in [4.69, 9.17) is 4.74 Å². The van der Waals surface area contributed by atoms with Crippen molar-refractivity contribution in [1.29, 1.82) is 0 Å². The summed E-state index contributed by atoms with van der Waals surface area (Å²) < 4.78 is 5.46. The van der Waals surface area contributed by atoms with E-state index in [1.54, 1.807) is 4.90 Å². The van der Waals surface area contributed by atoms with E-state index in [-0.39, 0.29) is 24.0 Å². The maximum absolute atomic E-state index is 11.6. The Balaban J connectivity index is 3.98. The van der Waals surface area contributed by atoms with Crippen molar-refractivity contribution in [2.24, 2.45) is 5.92 Å². The second-order valence-electron chi connectivity index (χ2n) is 4.33. The highest BCUT2D eigenvalue weighted by Crippen LogP contribution is 2.05. The van der Waals surface area contributed by atoms with E-state index in [0.29, 0.717) is 6.61 Å². The Labute approximate surface area is 87.4 Å². The summed E-state index contributed by atoms with van der Waals surface area (Å²) in [7, 11) is 1.83. The average molecular weight is 201 g/mol. The lowest BCUT2D eigenvalue weighted by Crippen LogP contribution is -2.40. The molecule has 0 aromatic carbocycles. The second kappa shape index (κ2) is 6.02. The summed E-state index contributed by atoms with van der Waals surface area (Å²) in [6.45, 7) is 10.4. The van der Waals surface area contributed by atoms with Crippen molar-refractivity contribution in [2.45, 2.75) is 46.8 Å². The number of likely N-dealkylation sites (N-methyl/N-ethyl adjacent to an activating group) is 1. The van der Waals surface area contributed by atoms with Gasteiger partial charge < -0.3 is 9.64 Å². The molecule has 1 unspecified atom stereocenters. The Bertz CT molecular complexity index is 178. The highest BCUT2D eigenvalue weighted by atomic mass is 16.5. The fourth-order valence-corrected chi connectivity index (χ4v) is 1.07. The van der Waals surface area contributed by atoms with E-state index in [1.807, 2.05) is 41.7 Å². The van der Waals surface area contributed by atoms with Crippen LogP contribution in [-0.2, 0) is 9.53 Å². The third-order valence-electron chi connectivity index (χ3n) is 2.17. The van der Waals surface area contributed by atoms with Crippen molar-refractivity contribution in [3.05, 3.63) is 0 Å². The third-order valence-corrected chi connectivity index (χ3v) is 2.17. The van der Waals surface area contributed by atoms with Gasteiger partial charge in [-0.3, -0.25) is 4.79 Å². The fourth-order valence-electron chi connectivity index (χ4n) is 1.07. The van der Waals surface area contributed by atoms with E-state index in [9.17, 15) is 4.79 Å². The van der Waals surface area contributed by atoms with Gasteiger partial charge in [-0.2, -0.15) is 0 Å². The quantitative estimate of drug-likeness (QED) is 0.680. The fraction of sp³-hybridized carbons (Fsp3) is 0.909.